The van der Waals surface area contributed by atoms with E-state index in [-0.39, 0.29) is 0 Å². The van der Waals surface area contributed by atoms with Gasteiger partial charge in [-0.2, -0.15) is 0 Å². The van der Waals surface area contributed by atoms with Crippen molar-refractivity contribution in [3.8, 4) is 0 Å². The summed E-state index contributed by atoms with van der Waals surface area (Å²) in [6.45, 7) is 0. The second-order valence-corrected chi connectivity index (χ2v) is 11.7. The highest BCUT2D eigenvalue weighted by atomic mass is 16.8. The maximum Gasteiger partial charge on any atom is 0.338 e. The lowest BCUT2D eigenvalue weighted by molar-refractivity contribution is -0.224. The average Bonchev–Trinajstić information content (AvgIpc) is 3.54. The Balaban J connectivity index is 1.26. The van der Waals surface area contributed by atoms with Gasteiger partial charge in [0.1, 0.15) is 24.4 Å². The van der Waals surface area contributed by atoms with Crippen molar-refractivity contribution >= 4 is 11.9 Å². The third kappa shape index (κ3) is 4.75. The van der Waals surface area contributed by atoms with Crippen molar-refractivity contribution in [3.05, 3.63) is 71.8 Å². The van der Waals surface area contributed by atoms with Gasteiger partial charge in [0.25, 0.3) is 0 Å². The Morgan fingerprint density at radius 3 is 1.25 bits per heavy atom. The third-order valence-electron chi connectivity index (χ3n) is 9.08. The van der Waals surface area contributed by atoms with Gasteiger partial charge in [-0.15, -0.1) is 0 Å². The summed E-state index contributed by atoms with van der Waals surface area (Å²) in [4.78, 5) is 26.9. The lowest BCUT2D eigenvalue weighted by Gasteiger charge is -2.41. The monoisotopic (exact) mass is 548 g/mol. The largest absolute Gasteiger partial charge is 0.452 e. The van der Waals surface area contributed by atoms with E-state index in [1.54, 1.807) is 48.5 Å². The van der Waals surface area contributed by atoms with Crippen LogP contribution in [0.15, 0.2) is 60.7 Å². The van der Waals surface area contributed by atoms with E-state index in [2.05, 4.69) is 0 Å². The van der Waals surface area contributed by atoms with E-state index in [1.165, 1.54) is 0 Å². The predicted molar refractivity (Wildman–Crippen MR) is 142 cm³/mol. The fourth-order valence-electron chi connectivity index (χ4n) is 7.16. The summed E-state index contributed by atoms with van der Waals surface area (Å²) in [5.74, 6) is -2.55. The van der Waals surface area contributed by atoms with Gasteiger partial charge in [0.05, 0.1) is 11.1 Å². The van der Waals surface area contributed by atoms with E-state index in [4.69, 9.17) is 28.4 Å². The Morgan fingerprint density at radius 2 is 0.875 bits per heavy atom. The molecule has 8 heteroatoms. The van der Waals surface area contributed by atoms with Crippen molar-refractivity contribution < 1.29 is 38.0 Å². The Kier molecular flexibility index (Phi) is 6.90. The second-order valence-electron chi connectivity index (χ2n) is 11.7. The van der Waals surface area contributed by atoms with Gasteiger partial charge in [0, 0.05) is 25.7 Å². The van der Waals surface area contributed by atoms with Gasteiger partial charge in [-0.1, -0.05) is 49.2 Å². The zero-order chi connectivity index (χ0) is 27.2. The molecule has 2 saturated heterocycles. The lowest BCUT2D eigenvalue weighted by atomic mass is 9.84. The van der Waals surface area contributed by atoms with Crippen molar-refractivity contribution in [1.29, 1.82) is 0 Å². The predicted octanol–water partition coefficient (Wildman–Crippen LogP) is 5.34. The maximum atomic E-state index is 13.4. The van der Waals surface area contributed by atoms with Crippen LogP contribution in [0.5, 0.6) is 0 Å². The number of rotatable bonds is 4. The van der Waals surface area contributed by atoms with Crippen molar-refractivity contribution in [2.24, 2.45) is 0 Å². The third-order valence-corrected chi connectivity index (χ3v) is 9.08. The van der Waals surface area contributed by atoms with Crippen LogP contribution in [-0.4, -0.2) is 60.1 Å². The number of hydrogen-bond donors (Lipinski definition) is 0. The van der Waals surface area contributed by atoms with E-state index < -0.39 is 60.1 Å². The van der Waals surface area contributed by atoms with Gasteiger partial charge in [0.15, 0.2) is 23.8 Å². The maximum absolute atomic E-state index is 13.4. The van der Waals surface area contributed by atoms with Crippen LogP contribution in [0.2, 0.25) is 0 Å². The van der Waals surface area contributed by atoms with Crippen LogP contribution in [0.3, 0.4) is 0 Å². The summed E-state index contributed by atoms with van der Waals surface area (Å²) in [6.07, 6.45) is 5.07. The SMILES string of the molecule is O=C(O[C@@H]1[C@@H](OC(=O)c2ccccc2)[C@@H]2OC3(CCCCC3)O[C@H]2[C@@H]2OC3(CCCCC3)O[C@H]12)c1ccccc1. The Hall–Kier alpha value is -2.78. The number of ether oxygens (including phenoxy) is 6. The van der Waals surface area contributed by atoms with E-state index in [0.717, 1.165) is 64.2 Å². The number of carbonyl (C=O) groups excluding carboxylic acids is 2. The fraction of sp³-hybridized carbons (Fsp3) is 0.562. The minimum atomic E-state index is -0.935. The van der Waals surface area contributed by atoms with Crippen LogP contribution in [-0.2, 0) is 28.4 Å². The zero-order valence-electron chi connectivity index (χ0n) is 22.6. The summed E-state index contributed by atoms with van der Waals surface area (Å²) < 4.78 is 39.3. The van der Waals surface area contributed by atoms with Crippen molar-refractivity contribution in [2.45, 2.75) is 112 Å². The van der Waals surface area contributed by atoms with Gasteiger partial charge in [-0.3, -0.25) is 0 Å². The van der Waals surface area contributed by atoms with Crippen molar-refractivity contribution in [1.82, 2.24) is 0 Å². The molecule has 2 heterocycles. The minimum absolute atomic E-state index is 0.410. The smallest absolute Gasteiger partial charge is 0.338 e. The fourth-order valence-corrected chi connectivity index (χ4v) is 7.16. The zero-order valence-corrected chi connectivity index (χ0v) is 22.6. The number of esters is 2. The van der Waals surface area contributed by atoms with Crippen LogP contribution in [0, 0.1) is 0 Å². The van der Waals surface area contributed by atoms with Crippen LogP contribution < -0.4 is 0 Å². The molecule has 2 aromatic carbocycles. The molecule has 5 aliphatic rings. The molecular formula is C32H36O8. The molecule has 7 rings (SSSR count). The van der Waals surface area contributed by atoms with Gasteiger partial charge < -0.3 is 28.4 Å². The molecule has 2 aromatic rings. The first-order chi connectivity index (χ1) is 19.5. The van der Waals surface area contributed by atoms with E-state index >= 15 is 0 Å². The molecule has 2 aliphatic heterocycles. The van der Waals surface area contributed by atoms with E-state index in [0.29, 0.717) is 11.1 Å². The molecule has 0 radical (unpaired) electrons. The summed E-state index contributed by atoms with van der Waals surface area (Å²) in [5, 5.41) is 0. The molecule has 2 spiro atoms. The molecule has 0 aromatic heterocycles. The topological polar surface area (TPSA) is 89.5 Å². The van der Waals surface area contributed by atoms with Gasteiger partial charge >= 0.3 is 11.9 Å². The number of carbonyl (C=O) groups is 2. The van der Waals surface area contributed by atoms with Crippen LogP contribution in [0.4, 0.5) is 0 Å². The first-order valence-corrected chi connectivity index (χ1v) is 14.8. The molecular weight excluding hydrogens is 512 g/mol. The van der Waals surface area contributed by atoms with Crippen LogP contribution in [0.1, 0.15) is 84.9 Å². The molecule has 212 valence electrons. The summed E-state index contributed by atoms with van der Waals surface area (Å²) >= 11 is 0. The quantitative estimate of drug-likeness (QED) is 0.473. The highest BCUT2D eigenvalue weighted by molar-refractivity contribution is 5.90. The molecule has 0 N–H and O–H groups in total. The Labute approximate surface area is 234 Å². The van der Waals surface area contributed by atoms with Crippen molar-refractivity contribution in [2.75, 3.05) is 0 Å². The molecule has 0 bridgehead atoms. The Bertz CT molecular complexity index is 1110. The van der Waals surface area contributed by atoms with Crippen molar-refractivity contribution in [3.63, 3.8) is 0 Å². The molecule has 5 fully saturated rings. The van der Waals surface area contributed by atoms with Gasteiger partial charge in [0.2, 0.25) is 0 Å². The molecule has 0 unspecified atom stereocenters. The minimum Gasteiger partial charge on any atom is -0.452 e. The standard InChI is InChI=1S/C32H36O8/c33-29(21-13-5-1-6-14-21)35-23-24(36-30(34)22-15-7-2-8-16-22)26-28(40-32(38-26)19-11-4-12-20-32)27-25(23)37-31(39-27)17-9-3-10-18-31/h1-2,5-8,13-16,23-28H,3-4,9-12,17-20H2/t23-,24-,25-,26+,27-,28-/m1/s1. The number of benzene rings is 2. The number of hydrogen-bond acceptors (Lipinski definition) is 8. The van der Waals surface area contributed by atoms with Crippen LogP contribution in [0.25, 0.3) is 0 Å². The van der Waals surface area contributed by atoms with E-state index in [9.17, 15) is 9.59 Å². The average molecular weight is 549 g/mol. The molecule has 8 nitrogen and oxygen atoms in total. The van der Waals surface area contributed by atoms with Crippen LogP contribution >= 0.6 is 0 Å². The summed E-state index contributed by atoms with van der Waals surface area (Å²) in [7, 11) is 0. The molecule has 6 atom stereocenters. The Morgan fingerprint density at radius 1 is 0.525 bits per heavy atom. The molecule has 3 saturated carbocycles. The van der Waals surface area contributed by atoms with E-state index in [1.807, 2.05) is 12.1 Å². The molecule has 40 heavy (non-hydrogen) atoms. The summed E-state index contributed by atoms with van der Waals surface area (Å²) in [5.41, 5.74) is 0.820. The van der Waals surface area contributed by atoms with Gasteiger partial charge in [-0.25, -0.2) is 9.59 Å². The highest BCUT2D eigenvalue weighted by Gasteiger charge is 2.68. The first-order valence-electron chi connectivity index (χ1n) is 14.8. The normalized spacial score (nSPS) is 33.7. The molecule has 0 amide bonds. The first kappa shape index (κ1) is 26.1. The molecule has 3 aliphatic carbocycles. The number of fused-ring (bicyclic) bond motifs is 3. The lowest BCUT2D eigenvalue weighted by Crippen LogP contribution is -2.63. The second kappa shape index (κ2) is 10.6. The summed E-state index contributed by atoms with van der Waals surface area (Å²) in [6, 6.07) is 17.7. The highest BCUT2D eigenvalue weighted by Crippen LogP contribution is 2.52. The van der Waals surface area contributed by atoms with Gasteiger partial charge in [-0.05, 0) is 49.9 Å².